The number of nitrogens with zero attached hydrogens (tertiary/aromatic N) is 1. The molecule has 3 rings (SSSR count). The van der Waals surface area contributed by atoms with Crippen LogP contribution in [0.4, 0.5) is 14.5 Å². The molecule has 34 heavy (non-hydrogen) atoms. The van der Waals surface area contributed by atoms with Crippen molar-refractivity contribution in [2.75, 3.05) is 24.3 Å². The highest BCUT2D eigenvalue weighted by Gasteiger charge is 2.23. The molecule has 0 aliphatic rings. The molecular formula is C26H30Cl2F2N2S2. The first-order valence-electron chi connectivity index (χ1n) is 10.9. The van der Waals surface area contributed by atoms with Gasteiger partial charge in [0.05, 0.1) is 18.9 Å². The minimum absolute atomic E-state index is 0.0773. The lowest BCUT2D eigenvalue weighted by atomic mass is 9.97. The summed E-state index contributed by atoms with van der Waals surface area (Å²) in [6.45, 7) is 2.11. The fraction of sp³-hybridized carbons (Fsp3) is 0.308. The van der Waals surface area contributed by atoms with E-state index in [1.807, 2.05) is 41.7 Å². The number of halogens is 4. The Morgan fingerprint density at radius 1 is 0.941 bits per heavy atom. The molecule has 0 fully saturated rings. The number of rotatable bonds is 11. The zero-order valence-corrected chi connectivity index (χ0v) is 22.7. The maximum Gasteiger partial charge on any atom is 0.147 e. The average Bonchev–Trinajstić information content (AvgIpc) is 2.86. The first kappa shape index (κ1) is 28.8. The monoisotopic (exact) mass is 542 g/mol. The van der Waals surface area contributed by atoms with Crippen molar-refractivity contribution in [3.05, 3.63) is 93.7 Å². The van der Waals surface area contributed by atoms with Gasteiger partial charge in [-0.25, -0.2) is 4.39 Å². The summed E-state index contributed by atoms with van der Waals surface area (Å²) in [4.78, 5) is 0.974. The van der Waals surface area contributed by atoms with E-state index in [-0.39, 0.29) is 11.9 Å². The highest BCUT2D eigenvalue weighted by Crippen LogP contribution is 2.40. The average molecular weight is 544 g/mol. The lowest BCUT2D eigenvalue weighted by molar-refractivity contribution is 0.621. The summed E-state index contributed by atoms with van der Waals surface area (Å²) in [7, 11) is 2.45. The van der Waals surface area contributed by atoms with Crippen molar-refractivity contribution < 1.29 is 8.78 Å². The molecule has 0 aliphatic carbocycles. The van der Waals surface area contributed by atoms with E-state index in [1.165, 1.54) is 29.1 Å². The van der Waals surface area contributed by atoms with Crippen molar-refractivity contribution in [2.24, 2.45) is 0 Å². The van der Waals surface area contributed by atoms with E-state index in [2.05, 4.69) is 29.8 Å². The SMILES string of the molecule is CF.CNSCCCCc1ccccc1C(C)N(Sc1ccc(Cl)cc1)c1cc(Cl)ccc1F. The van der Waals surface area contributed by atoms with Gasteiger partial charge in [-0.05, 0) is 98.8 Å². The number of alkyl halides is 1. The van der Waals surface area contributed by atoms with Crippen molar-refractivity contribution >= 4 is 52.8 Å². The number of hydrogen-bond acceptors (Lipinski definition) is 4. The topological polar surface area (TPSA) is 15.3 Å². The van der Waals surface area contributed by atoms with E-state index in [4.69, 9.17) is 23.2 Å². The number of nitrogens with one attached hydrogen (secondary N) is 1. The normalized spacial score (nSPS) is 11.5. The van der Waals surface area contributed by atoms with E-state index in [0.717, 1.165) is 29.9 Å². The standard InChI is InChI=1S/C25H27Cl2FN2S2.CH3F/c1-18(23-9-4-3-7-19(23)8-5-6-16-31-29-2)30(25-17-21(27)12-15-24(25)28)32-22-13-10-20(26)11-14-22;1-2/h3-4,7,9-15,17-18,29H,5-6,8,16H2,1-2H3;1H3. The minimum atomic E-state index is -0.302. The molecule has 0 heterocycles. The summed E-state index contributed by atoms with van der Waals surface area (Å²) in [5.41, 5.74) is 2.94. The molecule has 0 saturated heterocycles. The van der Waals surface area contributed by atoms with Gasteiger partial charge < -0.3 is 4.31 Å². The smallest absolute Gasteiger partial charge is 0.147 e. The Morgan fingerprint density at radius 2 is 1.62 bits per heavy atom. The van der Waals surface area contributed by atoms with E-state index in [1.54, 1.807) is 24.1 Å². The van der Waals surface area contributed by atoms with Crippen LogP contribution < -0.4 is 9.03 Å². The third-order valence-electron chi connectivity index (χ3n) is 5.11. The molecule has 0 amide bonds. The zero-order valence-electron chi connectivity index (χ0n) is 19.5. The van der Waals surface area contributed by atoms with Gasteiger partial charge in [0.1, 0.15) is 5.82 Å². The summed E-state index contributed by atoms with van der Waals surface area (Å²) < 4.78 is 29.6. The van der Waals surface area contributed by atoms with Gasteiger partial charge in [0.15, 0.2) is 0 Å². The third kappa shape index (κ3) is 8.65. The van der Waals surface area contributed by atoms with Crippen molar-refractivity contribution in [3.8, 4) is 0 Å². The molecule has 0 aromatic heterocycles. The second-order valence-electron chi connectivity index (χ2n) is 7.35. The lowest BCUT2D eigenvalue weighted by Crippen LogP contribution is -2.21. The maximum atomic E-state index is 14.9. The van der Waals surface area contributed by atoms with Gasteiger partial charge in [-0.15, -0.1) is 0 Å². The van der Waals surface area contributed by atoms with Crippen molar-refractivity contribution in [1.82, 2.24) is 4.72 Å². The molecule has 2 nitrogen and oxygen atoms in total. The van der Waals surface area contributed by atoms with Crippen molar-refractivity contribution in [1.29, 1.82) is 0 Å². The van der Waals surface area contributed by atoms with Gasteiger partial charge in [-0.1, -0.05) is 59.4 Å². The molecule has 0 radical (unpaired) electrons. The Kier molecular flexibility index (Phi) is 13.2. The first-order valence-corrected chi connectivity index (χ1v) is 13.4. The molecule has 1 atom stereocenters. The van der Waals surface area contributed by atoms with Gasteiger partial charge in [0.25, 0.3) is 0 Å². The van der Waals surface area contributed by atoms with E-state index < -0.39 is 0 Å². The van der Waals surface area contributed by atoms with Crippen LogP contribution in [0.1, 0.15) is 36.9 Å². The summed E-state index contributed by atoms with van der Waals surface area (Å²) in [5, 5.41) is 1.18. The first-order chi connectivity index (χ1) is 16.5. The Morgan fingerprint density at radius 3 is 2.32 bits per heavy atom. The zero-order chi connectivity index (χ0) is 24.9. The predicted molar refractivity (Wildman–Crippen MR) is 148 cm³/mol. The van der Waals surface area contributed by atoms with Gasteiger partial charge in [0.2, 0.25) is 0 Å². The van der Waals surface area contributed by atoms with Crippen LogP contribution >= 0.6 is 47.1 Å². The van der Waals surface area contributed by atoms with Gasteiger partial charge >= 0.3 is 0 Å². The van der Waals surface area contributed by atoms with E-state index >= 15 is 0 Å². The number of benzene rings is 3. The van der Waals surface area contributed by atoms with Crippen LogP contribution in [0.15, 0.2) is 71.6 Å². The summed E-state index contributed by atoms with van der Waals surface area (Å²) in [6.07, 6.45) is 3.23. The Hall–Kier alpha value is -1.44. The fourth-order valence-corrected chi connectivity index (χ4v) is 5.33. The molecule has 1 unspecified atom stereocenters. The quantitative estimate of drug-likeness (QED) is 0.191. The summed E-state index contributed by atoms with van der Waals surface area (Å²) >= 11 is 15.5. The number of anilines is 1. The molecule has 3 aromatic rings. The Bertz CT molecular complexity index is 1010. The number of hydrogen-bond donors (Lipinski definition) is 1. The highest BCUT2D eigenvalue weighted by atomic mass is 35.5. The predicted octanol–water partition coefficient (Wildman–Crippen LogP) is 9.18. The van der Waals surface area contributed by atoms with Gasteiger partial charge in [0, 0.05) is 20.7 Å². The van der Waals surface area contributed by atoms with Crippen LogP contribution in [-0.2, 0) is 6.42 Å². The van der Waals surface area contributed by atoms with Gasteiger partial charge in [-0.2, -0.15) is 0 Å². The molecule has 184 valence electrons. The van der Waals surface area contributed by atoms with Crippen LogP contribution in [0.5, 0.6) is 0 Å². The third-order valence-corrected chi connectivity index (χ3v) is 7.57. The van der Waals surface area contributed by atoms with Crippen LogP contribution in [0.25, 0.3) is 0 Å². The lowest BCUT2D eigenvalue weighted by Gasteiger charge is -2.32. The second kappa shape index (κ2) is 15.5. The molecule has 0 aliphatic heterocycles. The van der Waals surface area contributed by atoms with E-state index in [9.17, 15) is 8.78 Å². The molecule has 1 N–H and O–H groups in total. The highest BCUT2D eigenvalue weighted by molar-refractivity contribution is 8.00. The molecule has 0 saturated carbocycles. The van der Waals surface area contributed by atoms with Gasteiger partial charge in [-0.3, -0.25) is 9.11 Å². The Balaban J connectivity index is 0.00000199. The fourth-order valence-electron chi connectivity index (χ4n) is 3.49. The molecule has 3 aromatic carbocycles. The minimum Gasteiger partial charge on any atom is -0.302 e. The summed E-state index contributed by atoms with van der Waals surface area (Å²) in [6, 6.07) is 20.6. The molecule has 0 spiro atoms. The number of aryl methyl sites for hydroxylation is 1. The second-order valence-corrected chi connectivity index (χ2v) is 10.4. The Labute approximate surface area is 220 Å². The van der Waals surface area contributed by atoms with Crippen LogP contribution in [0.3, 0.4) is 0 Å². The largest absolute Gasteiger partial charge is 0.302 e. The maximum absolute atomic E-state index is 14.9. The van der Waals surface area contributed by atoms with Crippen molar-refractivity contribution in [2.45, 2.75) is 37.1 Å². The molecule has 8 heteroatoms. The molecule has 0 bridgehead atoms. The molecular weight excluding hydrogens is 513 g/mol. The summed E-state index contributed by atoms with van der Waals surface area (Å²) in [5.74, 6) is 0.782. The number of unbranched alkanes of at least 4 members (excludes halogenated alkanes) is 1. The van der Waals surface area contributed by atoms with E-state index in [0.29, 0.717) is 22.9 Å². The van der Waals surface area contributed by atoms with Crippen LogP contribution in [-0.4, -0.2) is 20.0 Å². The van der Waals surface area contributed by atoms with Crippen LogP contribution in [0, 0.1) is 5.82 Å². The van der Waals surface area contributed by atoms with Crippen molar-refractivity contribution in [3.63, 3.8) is 0 Å². The van der Waals surface area contributed by atoms with Crippen LogP contribution in [0.2, 0.25) is 10.0 Å².